The van der Waals surface area contributed by atoms with Crippen LogP contribution in [-0.2, 0) is 11.2 Å². The molecule has 0 aliphatic heterocycles. The number of carbonyl (C=O) groups is 1. The third-order valence-electron chi connectivity index (χ3n) is 8.46. The lowest BCUT2D eigenvalue weighted by molar-refractivity contribution is 0.0526. The number of methoxy groups -OCH3 is 4. The largest absolute Gasteiger partial charge is 0.541 e. The van der Waals surface area contributed by atoms with Crippen LogP contribution in [0.5, 0.6) is 28.7 Å². The van der Waals surface area contributed by atoms with E-state index in [2.05, 4.69) is 57.4 Å². The van der Waals surface area contributed by atoms with Gasteiger partial charge in [0.15, 0.2) is 17.2 Å². The molecule has 2 aromatic carbocycles. The van der Waals surface area contributed by atoms with E-state index in [0.717, 1.165) is 53.7 Å². The summed E-state index contributed by atoms with van der Waals surface area (Å²) in [6.07, 6.45) is 5.38. The smallest absolute Gasteiger partial charge is 0.407 e. The summed E-state index contributed by atoms with van der Waals surface area (Å²) in [5.41, 5.74) is 3.69. The van der Waals surface area contributed by atoms with Crippen LogP contribution in [0.3, 0.4) is 0 Å². The van der Waals surface area contributed by atoms with Crippen molar-refractivity contribution < 1.29 is 32.9 Å². The molecule has 1 atom stereocenters. The van der Waals surface area contributed by atoms with Gasteiger partial charge in [-0.3, -0.25) is 0 Å². The van der Waals surface area contributed by atoms with E-state index in [4.69, 9.17) is 28.1 Å². The van der Waals surface area contributed by atoms with Crippen molar-refractivity contribution in [2.75, 3.05) is 35.0 Å². The van der Waals surface area contributed by atoms with Gasteiger partial charge in [0.25, 0.3) is 8.32 Å². The maximum atomic E-state index is 12.2. The Morgan fingerprint density at radius 2 is 1.55 bits per heavy atom. The van der Waals surface area contributed by atoms with Gasteiger partial charge in [-0.05, 0) is 105 Å². The summed E-state index contributed by atoms with van der Waals surface area (Å²) in [6.45, 7) is 17.3. The van der Waals surface area contributed by atoms with E-state index >= 15 is 0 Å². The molecule has 0 aromatic heterocycles. The SMILES string of the molecule is COc1ccc(C2=CC(CCCNC(=O)OC(C)(C)C)CCc3c2cc(OC)c(OC)c3OC)cc1O[Si](C)(C)C(C)(C)C. The fraction of sp³-hybridized carbons (Fsp3) is 0.571. The van der Waals surface area contributed by atoms with Crippen molar-refractivity contribution in [1.82, 2.24) is 5.32 Å². The van der Waals surface area contributed by atoms with Crippen molar-refractivity contribution >= 4 is 20.0 Å². The molecule has 9 heteroatoms. The van der Waals surface area contributed by atoms with Crippen LogP contribution >= 0.6 is 0 Å². The monoisotopic (exact) mass is 627 g/mol. The lowest BCUT2D eigenvalue weighted by atomic mass is 9.91. The Morgan fingerprint density at radius 1 is 0.886 bits per heavy atom. The van der Waals surface area contributed by atoms with Crippen LogP contribution in [0.2, 0.25) is 18.1 Å². The molecule has 44 heavy (non-hydrogen) atoms. The molecule has 1 N–H and O–H groups in total. The Kier molecular flexibility index (Phi) is 11.3. The first-order valence-corrected chi connectivity index (χ1v) is 18.3. The van der Waals surface area contributed by atoms with Crippen LogP contribution in [0.15, 0.2) is 30.3 Å². The molecule has 0 saturated heterocycles. The Labute approximate surface area is 265 Å². The summed E-state index contributed by atoms with van der Waals surface area (Å²) in [6, 6.07) is 8.22. The van der Waals surface area contributed by atoms with Crippen molar-refractivity contribution in [2.24, 2.45) is 5.92 Å². The molecule has 2 aromatic rings. The predicted molar refractivity (Wildman–Crippen MR) is 179 cm³/mol. The quantitative estimate of drug-likeness (QED) is 0.198. The summed E-state index contributed by atoms with van der Waals surface area (Å²) in [5.74, 6) is 3.60. The molecule has 1 aliphatic rings. The Morgan fingerprint density at radius 3 is 2.11 bits per heavy atom. The first-order chi connectivity index (χ1) is 20.5. The van der Waals surface area contributed by atoms with Gasteiger partial charge in [-0.15, -0.1) is 0 Å². The highest BCUT2D eigenvalue weighted by Crippen LogP contribution is 2.48. The average molecular weight is 628 g/mol. The third kappa shape index (κ3) is 8.43. The normalized spacial score (nSPS) is 15.4. The zero-order valence-electron chi connectivity index (χ0n) is 28.9. The van der Waals surface area contributed by atoms with Crippen molar-refractivity contribution in [1.29, 1.82) is 0 Å². The number of amides is 1. The number of allylic oxidation sites excluding steroid dienone is 1. The van der Waals surface area contributed by atoms with Gasteiger partial charge in [0.1, 0.15) is 11.4 Å². The zero-order valence-corrected chi connectivity index (χ0v) is 29.9. The van der Waals surface area contributed by atoms with Gasteiger partial charge in [0, 0.05) is 12.1 Å². The first kappa shape index (κ1) is 35.1. The van der Waals surface area contributed by atoms with Crippen molar-refractivity contribution in [3.63, 3.8) is 0 Å². The minimum absolute atomic E-state index is 0.0257. The van der Waals surface area contributed by atoms with Crippen molar-refractivity contribution in [3.8, 4) is 28.7 Å². The molecule has 3 rings (SSSR count). The number of rotatable bonds is 11. The fourth-order valence-corrected chi connectivity index (χ4v) is 6.16. The van der Waals surface area contributed by atoms with Gasteiger partial charge in [-0.1, -0.05) is 32.9 Å². The van der Waals surface area contributed by atoms with Gasteiger partial charge in [0.05, 0.1) is 28.4 Å². The van der Waals surface area contributed by atoms with E-state index in [0.29, 0.717) is 29.5 Å². The van der Waals surface area contributed by atoms with E-state index in [-0.39, 0.29) is 11.0 Å². The molecule has 0 fully saturated rings. The number of hydrogen-bond acceptors (Lipinski definition) is 7. The topological polar surface area (TPSA) is 84.5 Å². The van der Waals surface area contributed by atoms with Crippen LogP contribution < -0.4 is 28.7 Å². The molecular weight excluding hydrogens is 574 g/mol. The Hall–Kier alpha value is -3.33. The number of alkyl carbamates (subject to hydrolysis) is 1. The molecule has 1 unspecified atom stereocenters. The van der Waals surface area contributed by atoms with E-state index in [1.807, 2.05) is 32.9 Å². The standard InChI is InChI=1S/C35H53NO7Si/c1-34(2,3)42-33(37)36-19-13-14-23-15-17-25-27(22-30(39-8)32(41-10)31(25)40-9)26(20-23)24-16-18-28(38-7)29(21-24)43-44(11,12)35(4,5)6/h16,18,20-23H,13-15,17,19H2,1-12H3,(H,36,37). The molecule has 244 valence electrons. The second kappa shape index (κ2) is 14.2. The molecule has 0 saturated carbocycles. The van der Waals surface area contributed by atoms with Gasteiger partial charge in [0.2, 0.25) is 5.75 Å². The third-order valence-corrected chi connectivity index (χ3v) is 12.8. The maximum Gasteiger partial charge on any atom is 0.407 e. The molecule has 8 nitrogen and oxygen atoms in total. The van der Waals surface area contributed by atoms with Gasteiger partial charge >= 0.3 is 6.09 Å². The van der Waals surface area contributed by atoms with E-state index < -0.39 is 20.0 Å². The number of ether oxygens (including phenoxy) is 5. The molecule has 0 heterocycles. The van der Waals surface area contributed by atoms with Gasteiger partial charge < -0.3 is 33.4 Å². The Balaban J connectivity index is 2.07. The number of fused-ring (bicyclic) bond motifs is 1. The van der Waals surface area contributed by atoms with E-state index in [9.17, 15) is 4.79 Å². The number of hydrogen-bond donors (Lipinski definition) is 1. The van der Waals surface area contributed by atoms with Crippen molar-refractivity contribution in [2.45, 2.75) is 91.0 Å². The number of carbonyl (C=O) groups excluding carboxylic acids is 1. The molecule has 1 aliphatic carbocycles. The van der Waals surface area contributed by atoms with Gasteiger partial charge in [-0.2, -0.15) is 0 Å². The van der Waals surface area contributed by atoms with Crippen LogP contribution in [0.4, 0.5) is 4.79 Å². The lowest BCUT2D eigenvalue weighted by Gasteiger charge is -2.37. The highest BCUT2D eigenvalue weighted by molar-refractivity contribution is 6.74. The highest BCUT2D eigenvalue weighted by Gasteiger charge is 2.39. The van der Waals surface area contributed by atoms with E-state index in [1.165, 1.54) is 0 Å². The summed E-state index contributed by atoms with van der Waals surface area (Å²) >= 11 is 0. The second-order valence-electron chi connectivity index (χ2n) is 13.8. The Bertz CT molecular complexity index is 1340. The molecule has 1 amide bonds. The van der Waals surface area contributed by atoms with Gasteiger partial charge in [-0.25, -0.2) is 4.79 Å². The number of benzene rings is 2. The summed E-state index contributed by atoms with van der Waals surface area (Å²) in [7, 11) is 4.47. The average Bonchev–Trinajstić information content (AvgIpc) is 3.11. The second-order valence-corrected chi connectivity index (χ2v) is 18.6. The van der Waals surface area contributed by atoms with E-state index in [1.54, 1.807) is 28.4 Å². The highest BCUT2D eigenvalue weighted by atomic mass is 28.4. The minimum atomic E-state index is -2.15. The predicted octanol–water partition coefficient (Wildman–Crippen LogP) is 8.40. The summed E-state index contributed by atoms with van der Waals surface area (Å²) in [4.78, 5) is 12.2. The molecular formula is C35H53NO7Si. The minimum Gasteiger partial charge on any atom is -0.541 e. The lowest BCUT2D eigenvalue weighted by Crippen LogP contribution is -2.43. The van der Waals surface area contributed by atoms with Crippen LogP contribution in [0.25, 0.3) is 5.57 Å². The first-order valence-electron chi connectivity index (χ1n) is 15.4. The number of nitrogens with one attached hydrogen (secondary N) is 1. The summed E-state index contributed by atoms with van der Waals surface area (Å²) in [5, 5.41) is 2.92. The van der Waals surface area contributed by atoms with Crippen LogP contribution in [0, 0.1) is 5.92 Å². The molecule has 0 spiro atoms. The zero-order chi connectivity index (χ0) is 32.9. The van der Waals surface area contributed by atoms with Crippen LogP contribution in [-0.4, -0.2) is 55.0 Å². The van der Waals surface area contributed by atoms with Crippen LogP contribution in [0.1, 0.15) is 77.5 Å². The van der Waals surface area contributed by atoms with Crippen molar-refractivity contribution in [3.05, 3.63) is 47.0 Å². The molecule has 0 bridgehead atoms. The fourth-order valence-electron chi connectivity index (χ4n) is 5.14. The maximum absolute atomic E-state index is 12.2. The summed E-state index contributed by atoms with van der Waals surface area (Å²) < 4.78 is 35.4. The molecule has 0 radical (unpaired) electrons.